The molecule has 1 aliphatic rings. The van der Waals surface area contributed by atoms with Gasteiger partial charge in [0.2, 0.25) is 5.91 Å². The molecule has 5 heteroatoms. The number of benzene rings is 1. The van der Waals surface area contributed by atoms with E-state index in [0.717, 1.165) is 16.5 Å². The molecule has 0 bridgehead atoms. The molecule has 1 unspecified atom stereocenters. The summed E-state index contributed by atoms with van der Waals surface area (Å²) in [6.07, 6.45) is 2.62. The molecule has 1 atom stereocenters. The molecule has 2 aromatic rings. The molecular weight excluding hydrogens is 254 g/mol. The van der Waals surface area contributed by atoms with Crippen molar-refractivity contribution in [3.8, 4) is 0 Å². The van der Waals surface area contributed by atoms with E-state index in [1.807, 2.05) is 39.0 Å². The molecule has 1 aliphatic heterocycles. The van der Waals surface area contributed by atoms with Gasteiger partial charge >= 0.3 is 0 Å². The Balaban J connectivity index is 0.000000704. The Hall–Kier alpha value is -2.17. The maximum Gasteiger partial charge on any atom is 0.251 e. The van der Waals surface area contributed by atoms with Crippen LogP contribution in [0.3, 0.4) is 0 Å². The van der Waals surface area contributed by atoms with Gasteiger partial charge in [-0.1, -0.05) is 26.0 Å². The molecule has 3 rings (SSSR count). The van der Waals surface area contributed by atoms with Crippen molar-refractivity contribution in [2.45, 2.75) is 39.7 Å². The number of hydrogen-bond acceptors (Lipinski definition) is 3. The van der Waals surface area contributed by atoms with Crippen LogP contribution in [0.5, 0.6) is 0 Å². The van der Waals surface area contributed by atoms with Gasteiger partial charge in [-0.05, 0) is 25.0 Å². The van der Waals surface area contributed by atoms with Crippen molar-refractivity contribution < 1.29 is 9.59 Å². The van der Waals surface area contributed by atoms with Crippen molar-refractivity contribution in [2.24, 2.45) is 0 Å². The van der Waals surface area contributed by atoms with E-state index in [1.165, 1.54) is 0 Å². The lowest BCUT2D eigenvalue weighted by Crippen LogP contribution is -2.42. The number of nitrogens with one attached hydrogen (secondary N) is 1. The Morgan fingerprint density at radius 3 is 2.75 bits per heavy atom. The van der Waals surface area contributed by atoms with Crippen molar-refractivity contribution in [3.63, 3.8) is 0 Å². The predicted octanol–water partition coefficient (Wildman–Crippen LogP) is 2.35. The van der Waals surface area contributed by atoms with Crippen LogP contribution in [0.15, 0.2) is 24.4 Å². The normalized spacial score (nSPS) is 18.4. The summed E-state index contributed by atoms with van der Waals surface area (Å²) < 4.78 is 1.71. The lowest BCUT2D eigenvalue weighted by Gasteiger charge is -2.21. The summed E-state index contributed by atoms with van der Waals surface area (Å²) in [5, 5.41) is 7.64. The first-order valence-corrected chi connectivity index (χ1v) is 6.93. The monoisotopic (exact) mass is 273 g/mol. The Morgan fingerprint density at radius 2 is 2.05 bits per heavy atom. The molecule has 0 spiro atoms. The van der Waals surface area contributed by atoms with Gasteiger partial charge in [-0.2, -0.15) is 5.10 Å². The average molecular weight is 273 g/mol. The molecule has 0 aliphatic carbocycles. The summed E-state index contributed by atoms with van der Waals surface area (Å²) in [4.78, 5) is 23.0. The number of carbonyl (C=O) groups is 2. The summed E-state index contributed by atoms with van der Waals surface area (Å²) in [6.45, 7) is 6.00. The molecule has 20 heavy (non-hydrogen) atoms. The number of piperidine rings is 1. The molecule has 5 nitrogen and oxygen atoms in total. The number of imide groups is 1. The van der Waals surface area contributed by atoms with Crippen molar-refractivity contribution in [3.05, 3.63) is 30.0 Å². The van der Waals surface area contributed by atoms with E-state index in [1.54, 1.807) is 10.9 Å². The van der Waals surface area contributed by atoms with E-state index in [4.69, 9.17) is 0 Å². The highest BCUT2D eigenvalue weighted by Gasteiger charge is 2.29. The topological polar surface area (TPSA) is 64.0 Å². The van der Waals surface area contributed by atoms with Crippen LogP contribution in [-0.2, 0) is 9.59 Å². The van der Waals surface area contributed by atoms with Crippen LogP contribution in [0.1, 0.15) is 38.3 Å². The lowest BCUT2D eigenvalue weighted by molar-refractivity contribution is -0.135. The molecule has 1 N–H and O–H groups in total. The number of aryl methyl sites for hydroxylation is 1. The Kier molecular flexibility index (Phi) is 4.17. The fourth-order valence-electron chi connectivity index (χ4n) is 2.31. The Labute approximate surface area is 118 Å². The number of aromatic nitrogens is 2. The number of carbonyl (C=O) groups excluding carboxylic acids is 2. The van der Waals surface area contributed by atoms with Crippen LogP contribution in [0, 0.1) is 6.92 Å². The SMILES string of the molecule is CC.Cc1ccc2cnn(C3CCC(=O)NC3=O)c2c1. The van der Waals surface area contributed by atoms with E-state index in [0.29, 0.717) is 12.8 Å². The van der Waals surface area contributed by atoms with Crippen molar-refractivity contribution in [2.75, 3.05) is 0 Å². The number of hydrogen-bond donors (Lipinski definition) is 1. The minimum absolute atomic E-state index is 0.205. The number of amides is 2. The third-order valence-electron chi connectivity index (χ3n) is 3.26. The van der Waals surface area contributed by atoms with Crippen molar-refractivity contribution >= 4 is 22.7 Å². The molecule has 1 aromatic heterocycles. The minimum atomic E-state index is -0.387. The molecule has 1 saturated heterocycles. The largest absolute Gasteiger partial charge is 0.295 e. The highest BCUT2D eigenvalue weighted by molar-refractivity contribution is 6.00. The quantitative estimate of drug-likeness (QED) is 0.811. The highest BCUT2D eigenvalue weighted by Crippen LogP contribution is 2.24. The second kappa shape index (κ2) is 5.86. The predicted molar refractivity (Wildman–Crippen MR) is 77.2 cm³/mol. The summed E-state index contributed by atoms with van der Waals surface area (Å²) in [6, 6.07) is 5.62. The highest BCUT2D eigenvalue weighted by atomic mass is 16.2. The van der Waals surface area contributed by atoms with E-state index >= 15 is 0 Å². The van der Waals surface area contributed by atoms with Gasteiger partial charge in [0.1, 0.15) is 6.04 Å². The molecule has 0 saturated carbocycles. The molecule has 1 fully saturated rings. The van der Waals surface area contributed by atoms with Crippen LogP contribution >= 0.6 is 0 Å². The maximum atomic E-state index is 11.8. The Morgan fingerprint density at radius 1 is 1.30 bits per heavy atom. The smallest absolute Gasteiger partial charge is 0.251 e. The first-order valence-electron chi connectivity index (χ1n) is 6.93. The summed E-state index contributed by atoms with van der Waals surface area (Å²) in [5.41, 5.74) is 2.06. The van der Waals surface area contributed by atoms with Gasteiger partial charge in [-0.25, -0.2) is 0 Å². The summed E-state index contributed by atoms with van der Waals surface area (Å²) >= 11 is 0. The molecule has 1 aromatic carbocycles. The molecule has 2 amide bonds. The van der Waals surface area contributed by atoms with Crippen LogP contribution in [0.4, 0.5) is 0 Å². The number of rotatable bonds is 1. The van der Waals surface area contributed by atoms with Crippen LogP contribution < -0.4 is 5.32 Å². The lowest BCUT2D eigenvalue weighted by atomic mass is 10.1. The maximum absolute atomic E-state index is 11.8. The zero-order valence-corrected chi connectivity index (χ0v) is 12.0. The van der Waals surface area contributed by atoms with Gasteiger partial charge < -0.3 is 0 Å². The number of fused-ring (bicyclic) bond motifs is 1. The zero-order chi connectivity index (χ0) is 14.7. The minimum Gasteiger partial charge on any atom is -0.295 e. The molecule has 106 valence electrons. The van der Waals surface area contributed by atoms with E-state index in [2.05, 4.69) is 10.4 Å². The Bertz CT molecular complexity index is 646. The van der Waals surface area contributed by atoms with Gasteiger partial charge in [0.05, 0.1) is 11.7 Å². The third kappa shape index (κ3) is 2.57. The molecule has 0 radical (unpaired) electrons. The van der Waals surface area contributed by atoms with Crippen molar-refractivity contribution in [1.82, 2.24) is 15.1 Å². The fourth-order valence-corrected chi connectivity index (χ4v) is 2.31. The molecule has 2 heterocycles. The van der Waals surface area contributed by atoms with Crippen molar-refractivity contribution in [1.29, 1.82) is 0 Å². The van der Waals surface area contributed by atoms with Gasteiger partial charge in [0.25, 0.3) is 5.91 Å². The third-order valence-corrected chi connectivity index (χ3v) is 3.26. The summed E-state index contributed by atoms with van der Waals surface area (Å²) in [5.74, 6) is -0.471. The van der Waals surface area contributed by atoms with E-state index in [-0.39, 0.29) is 17.9 Å². The first kappa shape index (κ1) is 14.2. The van der Waals surface area contributed by atoms with E-state index < -0.39 is 0 Å². The van der Waals surface area contributed by atoms with E-state index in [9.17, 15) is 9.59 Å². The number of nitrogens with zero attached hydrogens (tertiary/aromatic N) is 2. The van der Waals surface area contributed by atoms with Crippen LogP contribution in [-0.4, -0.2) is 21.6 Å². The van der Waals surface area contributed by atoms with Crippen LogP contribution in [0.25, 0.3) is 10.9 Å². The second-order valence-electron chi connectivity index (χ2n) is 4.62. The zero-order valence-electron chi connectivity index (χ0n) is 12.0. The van der Waals surface area contributed by atoms with Gasteiger partial charge in [0.15, 0.2) is 0 Å². The average Bonchev–Trinajstić information content (AvgIpc) is 2.84. The van der Waals surface area contributed by atoms with Gasteiger partial charge in [0, 0.05) is 11.8 Å². The summed E-state index contributed by atoms with van der Waals surface area (Å²) in [7, 11) is 0. The van der Waals surface area contributed by atoms with Gasteiger partial charge in [-0.15, -0.1) is 0 Å². The van der Waals surface area contributed by atoms with Crippen LogP contribution in [0.2, 0.25) is 0 Å². The standard InChI is InChI=1S/C13H13N3O2.C2H6/c1-8-2-3-9-7-14-16(11(9)6-8)10-4-5-12(17)15-13(10)18;1-2/h2-3,6-7,10H,4-5H2,1H3,(H,15,17,18);1-2H3. The second-order valence-corrected chi connectivity index (χ2v) is 4.62. The van der Waals surface area contributed by atoms with Gasteiger partial charge in [-0.3, -0.25) is 19.6 Å². The fraction of sp³-hybridized carbons (Fsp3) is 0.400. The first-order chi connectivity index (χ1) is 9.65. The molecular formula is C15H19N3O2.